The van der Waals surface area contributed by atoms with Crippen molar-refractivity contribution in [1.29, 1.82) is 0 Å². The number of thiocarbonyl (C=S) groups is 1. The molecule has 2 rings (SSSR count). The molecule has 0 aromatic heterocycles. The predicted octanol–water partition coefficient (Wildman–Crippen LogP) is 1.42. The van der Waals surface area contributed by atoms with Gasteiger partial charge < -0.3 is 10.8 Å². The number of nitrogens with zero attached hydrogens (tertiary/aromatic N) is 1. The lowest BCUT2D eigenvalue weighted by atomic mass is 10.1. The minimum atomic E-state index is -0.294. The van der Waals surface area contributed by atoms with Crippen LogP contribution in [0.25, 0.3) is 0 Å². The van der Waals surface area contributed by atoms with Gasteiger partial charge in [0.2, 0.25) is 0 Å². The topological polar surface area (TPSA) is 49.5 Å². The maximum absolute atomic E-state index is 13.9. The Morgan fingerprint density at radius 3 is 2.94 bits per heavy atom. The van der Waals surface area contributed by atoms with Crippen LogP contribution in [0.5, 0.6) is 0 Å². The van der Waals surface area contributed by atoms with E-state index in [0.29, 0.717) is 24.2 Å². The Kier molecular flexibility index (Phi) is 4.27. The molecule has 1 aromatic rings. The van der Waals surface area contributed by atoms with Gasteiger partial charge in [0.15, 0.2) is 0 Å². The molecule has 1 fully saturated rings. The van der Waals surface area contributed by atoms with Gasteiger partial charge in [-0.1, -0.05) is 24.4 Å². The van der Waals surface area contributed by atoms with Crippen molar-refractivity contribution in [1.82, 2.24) is 4.90 Å². The standard InChI is InChI=1S/C13H17FN2OS/c14-12-6-9(13(15)18)3-4-10(12)7-16-5-1-2-11(17)8-16/h3-4,6,11,17H,1-2,5,7-8H2,(H2,15,18). The number of aliphatic hydroxyl groups is 1. The fourth-order valence-electron chi connectivity index (χ4n) is 2.24. The summed E-state index contributed by atoms with van der Waals surface area (Å²) in [5.41, 5.74) is 6.62. The molecule has 1 aromatic carbocycles. The summed E-state index contributed by atoms with van der Waals surface area (Å²) in [6.07, 6.45) is 1.49. The van der Waals surface area contributed by atoms with Crippen molar-refractivity contribution >= 4 is 17.2 Å². The Hall–Kier alpha value is -1.04. The zero-order chi connectivity index (χ0) is 13.1. The number of halogens is 1. The monoisotopic (exact) mass is 268 g/mol. The zero-order valence-electron chi connectivity index (χ0n) is 10.1. The first-order valence-electron chi connectivity index (χ1n) is 6.05. The summed E-state index contributed by atoms with van der Waals surface area (Å²) in [5.74, 6) is -0.291. The smallest absolute Gasteiger partial charge is 0.128 e. The molecule has 1 aliphatic heterocycles. The number of piperidine rings is 1. The van der Waals surface area contributed by atoms with Crippen molar-refractivity contribution in [2.24, 2.45) is 5.73 Å². The van der Waals surface area contributed by atoms with Crippen LogP contribution in [0, 0.1) is 5.82 Å². The minimum absolute atomic E-state index is 0.203. The molecule has 5 heteroatoms. The molecule has 1 saturated heterocycles. The molecule has 1 heterocycles. The Bertz CT molecular complexity index is 453. The quantitative estimate of drug-likeness (QED) is 0.814. The minimum Gasteiger partial charge on any atom is -0.392 e. The lowest BCUT2D eigenvalue weighted by Gasteiger charge is -2.30. The molecule has 3 nitrogen and oxygen atoms in total. The van der Waals surface area contributed by atoms with E-state index in [1.54, 1.807) is 12.1 Å². The van der Waals surface area contributed by atoms with Gasteiger partial charge in [0.1, 0.15) is 10.8 Å². The van der Waals surface area contributed by atoms with E-state index in [9.17, 15) is 9.50 Å². The molecular formula is C13H17FN2OS. The predicted molar refractivity (Wildman–Crippen MR) is 72.8 cm³/mol. The highest BCUT2D eigenvalue weighted by Gasteiger charge is 2.18. The summed E-state index contributed by atoms with van der Waals surface area (Å²) < 4.78 is 13.9. The molecule has 0 amide bonds. The summed E-state index contributed by atoms with van der Waals surface area (Å²) in [6.45, 7) is 2.02. The second-order valence-electron chi connectivity index (χ2n) is 4.70. The largest absolute Gasteiger partial charge is 0.392 e. The SMILES string of the molecule is NC(=S)c1ccc(CN2CCCC(O)C2)c(F)c1. The maximum Gasteiger partial charge on any atom is 0.128 e. The summed E-state index contributed by atoms with van der Waals surface area (Å²) in [4.78, 5) is 2.27. The van der Waals surface area contributed by atoms with E-state index in [2.05, 4.69) is 4.90 Å². The third-order valence-electron chi connectivity index (χ3n) is 3.21. The van der Waals surface area contributed by atoms with E-state index >= 15 is 0 Å². The number of β-amino-alcohol motifs (C(OH)–C–C–N with tert-alkyl or cyclic N) is 1. The molecule has 3 N–H and O–H groups in total. The maximum atomic E-state index is 13.9. The van der Waals surface area contributed by atoms with Gasteiger partial charge in [-0.3, -0.25) is 4.90 Å². The fourth-order valence-corrected chi connectivity index (χ4v) is 2.37. The van der Waals surface area contributed by atoms with Gasteiger partial charge in [0.25, 0.3) is 0 Å². The van der Waals surface area contributed by atoms with Gasteiger partial charge in [-0.2, -0.15) is 0 Å². The number of nitrogens with two attached hydrogens (primary N) is 1. The lowest BCUT2D eigenvalue weighted by molar-refractivity contribution is 0.0663. The van der Waals surface area contributed by atoms with Crippen molar-refractivity contribution in [2.75, 3.05) is 13.1 Å². The van der Waals surface area contributed by atoms with E-state index in [1.807, 2.05) is 0 Å². The molecule has 0 saturated carbocycles. The van der Waals surface area contributed by atoms with Gasteiger partial charge in [0, 0.05) is 24.2 Å². The molecule has 98 valence electrons. The number of rotatable bonds is 3. The number of hydrogen-bond donors (Lipinski definition) is 2. The first-order chi connectivity index (χ1) is 8.56. The second-order valence-corrected chi connectivity index (χ2v) is 5.14. The highest BCUT2D eigenvalue weighted by atomic mass is 32.1. The van der Waals surface area contributed by atoms with Crippen LogP contribution in [-0.4, -0.2) is 34.2 Å². The van der Waals surface area contributed by atoms with Gasteiger partial charge >= 0.3 is 0 Å². The van der Waals surface area contributed by atoms with Crippen LogP contribution in [-0.2, 0) is 6.54 Å². The molecule has 1 atom stereocenters. The molecule has 0 radical (unpaired) electrons. The molecule has 0 spiro atoms. The van der Waals surface area contributed by atoms with Crippen molar-refractivity contribution in [3.05, 3.63) is 35.1 Å². The van der Waals surface area contributed by atoms with Crippen LogP contribution in [0.3, 0.4) is 0 Å². The van der Waals surface area contributed by atoms with Crippen molar-refractivity contribution in [3.8, 4) is 0 Å². The zero-order valence-corrected chi connectivity index (χ0v) is 10.9. The Morgan fingerprint density at radius 1 is 1.56 bits per heavy atom. The van der Waals surface area contributed by atoms with Crippen molar-refractivity contribution < 1.29 is 9.50 Å². The Morgan fingerprint density at radius 2 is 2.33 bits per heavy atom. The average Bonchev–Trinajstić information content (AvgIpc) is 2.31. The highest BCUT2D eigenvalue weighted by molar-refractivity contribution is 7.80. The first-order valence-corrected chi connectivity index (χ1v) is 6.45. The van der Waals surface area contributed by atoms with E-state index in [0.717, 1.165) is 19.4 Å². The first kappa shape index (κ1) is 13.4. The van der Waals surface area contributed by atoms with Crippen LogP contribution in [0.4, 0.5) is 4.39 Å². The van der Waals surface area contributed by atoms with Gasteiger partial charge in [-0.15, -0.1) is 0 Å². The third-order valence-corrected chi connectivity index (χ3v) is 3.45. The number of benzene rings is 1. The van der Waals surface area contributed by atoms with E-state index in [1.165, 1.54) is 6.07 Å². The Labute approximate surface area is 111 Å². The summed E-state index contributed by atoms with van der Waals surface area (Å²) >= 11 is 4.81. The third kappa shape index (κ3) is 3.25. The molecule has 0 bridgehead atoms. The van der Waals surface area contributed by atoms with Crippen molar-refractivity contribution in [3.63, 3.8) is 0 Å². The normalized spacial score (nSPS) is 20.9. The lowest BCUT2D eigenvalue weighted by Crippen LogP contribution is -2.37. The summed E-state index contributed by atoms with van der Waals surface area (Å²) in [7, 11) is 0. The second kappa shape index (κ2) is 5.73. The molecule has 18 heavy (non-hydrogen) atoms. The van der Waals surface area contributed by atoms with Gasteiger partial charge in [-0.25, -0.2) is 4.39 Å². The van der Waals surface area contributed by atoms with Crippen LogP contribution < -0.4 is 5.73 Å². The number of aliphatic hydroxyl groups excluding tert-OH is 1. The summed E-state index contributed by atoms with van der Waals surface area (Å²) in [5, 5.41) is 9.57. The van der Waals surface area contributed by atoms with Gasteiger partial charge in [0.05, 0.1) is 6.10 Å². The van der Waals surface area contributed by atoms with Gasteiger partial charge in [-0.05, 0) is 25.5 Å². The fraction of sp³-hybridized carbons (Fsp3) is 0.462. The van der Waals surface area contributed by atoms with Crippen LogP contribution in [0.15, 0.2) is 18.2 Å². The highest BCUT2D eigenvalue weighted by Crippen LogP contribution is 2.17. The van der Waals surface area contributed by atoms with E-state index in [-0.39, 0.29) is 16.9 Å². The average molecular weight is 268 g/mol. The van der Waals surface area contributed by atoms with Crippen LogP contribution in [0.2, 0.25) is 0 Å². The number of likely N-dealkylation sites (tertiary alicyclic amines) is 1. The molecule has 1 unspecified atom stereocenters. The number of hydrogen-bond acceptors (Lipinski definition) is 3. The van der Waals surface area contributed by atoms with E-state index in [4.69, 9.17) is 18.0 Å². The van der Waals surface area contributed by atoms with E-state index < -0.39 is 0 Å². The molecule has 1 aliphatic rings. The molecule has 0 aliphatic carbocycles. The Balaban J connectivity index is 2.07. The van der Waals surface area contributed by atoms with Crippen molar-refractivity contribution in [2.45, 2.75) is 25.5 Å². The summed E-state index contributed by atoms with van der Waals surface area (Å²) in [6, 6.07) is 4.82. The van der Waals surface area contributed by atoms with Crippen LogP contribution in [0.1, 0.15) is 24.0 Å². The van der Waals surface area contributed by atoms with Crippen LogP contribution >= 0.6 is 12.2 Å². The molecular weight excluding hydrogens is 251 g/mol.